The summed E-state index contributed by atoms with van der Waals surface area (Å²) < 4.78 is 15.1. The van der Waals surface area contributed by atoms with Crippen LogP contribution < -0.4 is 4.74 Å². The van der Waals surface area contributed by atoms with Crippen molar-refractivity contribution in [3.05, 3.63) is 29.3 Å². The minimum Gasteiger partial charge on any atom is -0.494 e. The first kappa shape index (κ1) is 21.0. The van der Waals surface area contributed by atoms with E-state index in [0.29, 0.717) is 12.4 Å². The Labute approximate surface area is 150 Å². The molecule has 0 saturated carbocycles. The molecule has 5 nitrogen and oxygen atoms in total. The Hall–Kier alpha value is -2.04. The van der Waals surface area contributed by atoms with Gasteiger partial charge in [-0.15, -0.1) is 0 Å². The summed E-state index contributed by atoms with van der Waals surface area (Å²) in [5.74, 6) is -0.545. The normalized spacial score (nSPS) is 10.4. The monoisotopic (exact) mass is 350 g/mol. The highest BCUT2D eigenvalue weighted by Crippen LogP contribution is 2.19. The molecular weight excluding hydrogens is 320 g/mol. The molecule has 0 spiro atoms. The summed E-state index contributed by atoms with van der Waals surface area (Å²) >= 11 is 0. The van der Waals surface area contributed by atoms with Gasteiger partial charge >= 0.3 is 11.9 Å². The molecule has 1 aromatic carbocycles. The molecule has 140 valence electrons. The zero-order valence-electron chi connectivity index (χ0n) is 15.6. The van der Waals surface area contributed by atoms with E-state index >= 15 is 0 Å². The van der Waals surface area contributed by atoms with E-state index in [1.807, 2.05) is 0 Å². The Balaban J connectivity index is 2.46. The molecule has 1 rings (SSSR count). The number of hydrogen-bond donors (Lipinski definition) is 0. The lowest BCUT2D eigenvalue weighted by molar-refractivity contribution is 0.0598. The Morgan fingerprint density at radius 2 is 1.24 bits per heavy atom. The Kier molecular flexibility index (Phi) is 10.4. The predicted octanol–water partition coefficient (Wildman–Crippen LogP) is 4.78. The Morgan fingerprint density at radius 3 is 1.72 bits per heavy atom. The second-order valence-corrected chi connectivity index (χ2v) is 6.05. The van der Waals surface area contributed by atoms with Gasteiger partial charge in [0.2, 0.25) is 0 Å². The molecule has 25 heavy (non-hydrogen) atoms. The van der Waals surface area contributed by atoms with Crippen molar-refractivity contribution in [2.24, 2.45) is 0 Å². The molecule has 0 atom stereocenters. The smallest absolute Gasteiger partial charge is 0.338 e. The van der Waals surface area contributed by atoms with E-state index in [1.54, 1.807) is 12.1 Å². The minimum absolute atomic E-state index is 0.274. The highest BCUT2D eigenvalue weighted by Gasteiger charge is 2.14. The third kappa shape index (κ3) is 8.05. The van der Waals surface area contributed by atoms with Crippen LogP contribution in [0.15, 0.2) is 18.2 Å². The number of hydrogen-bond acceptors (Lipinski definition) is 5. The van der Waals surface area contributed by atoms with E-state index in [-0.39, 0.29) is 11.1 Å². The minimum atomic E-state index is -0.511. The number of carbonyl (C=O) groups is 2. The summed E-state index contributed by atoms with van der Waals surface area (Å²) in [4.78, 5) is 23.4. The van der Waals surface area contributed by atoms with Crippen LogP contribution >= 0.6 is 0 Å². The molecule has 0 aromatic heterocycles. The molecule has 0 aliphatic rings. The number of rotatable bonds is 12. The third-order valence-electron chi connectivity index (χ3n) is 4.02. The lowest BCUT2D eigenvalue weighted by Crippen LogP contribution is -2.08. The van der Waals surface area contributed by atoms with E-state index in [9.17, 15) is 9.59 Å². The summed E-state index contributed by atoms with van der Waals surface area (Å²) in [5, 5.41) is 0. The van der Waals surface area contributed by atoms with Gasteiger partial charge in [-0.1, -0.05) is 51.9 Å². The van der Waals surface area contributed by atoms with Crippen LogP contribution in [0, 0.1) is 0 Å². The molecule has 0 fully saturated rings. The van der Waals surface area contributed by atoms with Crippen molar-refractivity contribution in [3.8, 4) is 5.75 Å². The second-order valence-electron chi connectivity index (χ2n) is 6.05. The van der Waals surface area contributed by atoms with E-state index in [2.05, 4.69) is 6.92 Å². The van der Waals surface area contributed by atoms with Crippen LogP contribution in [-0.2, 0) is 9.47 Å². The van der Waals surface area contributed by atoms with Crippen LogP contribution in [0.5, 0.6) is 5.75 Å². The quantitative estimate of drug-likeness (QED) is 0.401. The first-order valence-corrected chi connectivity index (χ1v) is 9.06. The largest absolute Gasteiger partial charge is 0.494 e. The molecule has 0 aliphatic carbocycles. The topological polar surface area (TPSA) is 61.8 Å². The highest BCUT2D eigenvalue weighted by molar-refractivity contribution is 5.96. The van der Waals surface area contributed by atoms with Gasteiger partial charge in [0.1, 0.15) is 5.75 Å². The first-order chi connectivity index (χ1) is 12.1. The average Bonchev–Trinajstić information content (AvgIpc) is 2.65. The molecule has 1 aromatic rings. The summed E-state index contributed by atoms with van der Waals surface area (Å²) in [6.45, 7) is 2.78. The van der Waals surface area contributed by atoms with Crippen molar-refractivity contribution in [3.63, 3.8) is 0 Å². The molecule has 0 aliphatic heterocycles. The number of benzene rings is 1. The summed E-state index contributed by atoms with van der Waals surface area (Å²) in [7, 11) is 2.60. The second kappa shape index (κ2) is 12.3. The average molecular weight is 350 g/mol. The Morgan fingerprint density at radius 1 is 0.760 bits per heavy atom. The van der Waals surface area contributed by atoms with Crippen molar-refractivity contribution in [2.45, 2.75) is 58.3 Å². The van der Waals surface area contributed by atoms with Crippen molar-refractivity contribution in [1.29, 1.82) is 0 Å². The van der Waals surface area contributed by atoms with Crippen LogP contribution in [0.4, 0.5) is 0 Å². The molecule has 0 saturated heterocycles. The lowest BCUT2D eigenvalue weighted by Gasteiger charge is -2.10. The van der Waals surface area contributed by atoms with Gasteiger partial charge in [0, 0.05) is 0 Å². The fourth-order valence-corrected chi connectivity index (χ4v) is 2.58. The summed E-state index contributed by atoms with van der Waals surface area (Å²) in [6.07, 6.45) is 9.76. The Bertz CT molecular complexity index is 505. The molecule has 0 amide bonds. The van der Waals surface area contributed by atoms with E-state index in [1.165, 1.54) is 58.8 Å². The van der Waals surface area contributed by atoms with Crippen molar-refractivity contribution in [2.75, 3.05) is 20.8 Å². The van der Waals surface area contributed by atoms with Gasteiger partial charge in [-0.05, 0) is 24.6 Å². The zero-order chi connectivity index (χ0) is 18.5. The standard InChI is InChI=1S/C20H30O5/c1-4-5-6-7-8-9-10-11-12-25-18-14-16(19(21)23-2)13-17(15-18)20(22)24-3/h13-15H,4-12H2,1-3H3. The molecule has 0 bridgehead atoms. The molecule has 0 unspecified atom stereocenters. The van der Waals surface area contributed by atoms with Crippen LogP contribution in [0.25, 0.3) is 0 Å². The number of ether oxygens (including phenoxy) is 3. The van der Waals surface area contributed by atoms with E-state index in [0.717, 1.165) is 12.8 Å². The number of unbranched alkanes of at least 4 members (excludes halogenated alkanes) is 7. The van der Waals surface area contributed by atoms with Crippen molar-refractivity contribution in [1.82, 2.24) is 0 Å². The molecular formula is C20H30O5. The fraction of sp³-hybridized carbons (Fsp3) is 0.600. The number of methoxy groups -OCH3 is 2. The van der Waals surface area contributed by atoms with Crippen LogP contribution in [0.1, 0.15) is 79.0 Å². The zero-order valence-corrected chi connectivity index (χ0v) is 15.6. The highest BCUT2D eigenvalue weighted by atomic mass is 16.5. The van der Waals surface area contributed by atoms with Crippen molar-refractivity contribution >= 4 is 11.9 Å². The van der Waals surface area contributed by atoms with Crippen LogP contribution in [0.3, 0.4) is 0 Å². The van der Waals surface area contributed by atoms with Crippen molar-refractivity contribution < 1.29 is 23.8 Å². The first-order valence-electron chi connectivity index (χ1n) is 9.06. The van der Waals surface area contributed by atoms with E-state index in [4.69, 9.17) is 14.2 Å². The molecule has 0 N–H and O–H groups in total. The van der Waals surface area contributed by atoms with Gasteiger partial charge in [-0.2, -0.15) is 0 Å². The van der Waals surface area contributed by atoms with Gasteiger partial charge < -0.3 is 14.2 Å². The summed E-state index contributed by atoms with van der Waals surface area (Å²) in [5.41, 5.74) is 0.549. The maximum atomic E-state index is 11.7. The van der Waals surface area contributed by atoms with Crippen LogP contribution in [-0.4, -0.2) is 32.8 Å². The summed E-state index contributed by atoms with van der Waals surface area (Å²) in [6, 6.07) is 4.62. The molecule has 5 heteroatoms. The van der Waals surface area contributed by atoms with Gasteiger partial charge in [0.15, 0.2) is 0 Å². The molecule has 0 heterocycles. The SMILES string of the molecule is CCCCCCCCCCOc1cc(C(=O)OC)cc(C(=O)OC)c1. The third-order valence-corrected chi connectivity index (χ3v) is 4.02. The maximum Gasteiger partial charge on any atom is 0.338 e. The van der Waals surface area contributed by atoms with E-state index < -0.39 is 11.9 Å². The molecule has 0 radical (unpaired) electrons. The number of carbonyl (C=O) groups excluding carboxylic acids is 2. The fourth-order valence-electron chi connectivity index (χ4n) is 2.58. The number of esters is 2. The van der Waals surface area contributed by atoms with Crippen LogP contribution in [0.2, 0.25) is 0 Å². The lowest BCUT2D eigenvalue weighted by atomic mass is 10.1. The van der Waals surface area contributed by atoms with Gasteiger partial charge in [0.25, 0.3) is 0 Å². The maximum absolute atomic E-state index is 11.7. The van der Waals surface area contributed by atoms with Gasteiger partial charge in [0.05, 0.1) is 32.0 Å². The van der Waals surface area contributed by atoms with Gasteiger partial charge in [-0.25, -0.2) is 9.59 Å². The van der Waals surface area contributed by atoms with Gasteiger partial charge in [-0.3, -0.25) is 0 Å². The predicted molar refractivity (Wildman–Crippen MR) is 97.2 cm³/mol.